The Kier molecular flexibility index (Phi) is 9.44. The molecule has 0 bridgehead atoms. The lowest BCUT2D eigenvalue weighted by atomic mass is 10.0. The molecule has 1 aromatic heterocycles. The second-order valence-corrected chi connectivity index (χ2v) is 8.98. The van der Waals surface area contributed by atoms with Crippen molar-refractivity contribution in [2.75, 3.05) is 19.6 Å². The lowest BCUT2D eigenvalue weighted by Gasteiger charge is -2.23. The number of amides is 3. The van der Waals surface area contributed by atoms with Crippen LogP contribution in [0.4, 0.5) is 0 Å². The molecule has 1 saturated heterocycles. The van der Waals surface area contributed by atoms with E-state index in [-0.39, 0.29) is 18.9 Å². The van der Waals surface area contributed by atoms with Crippen LogP contribution in [0.5, 0.6) is 0 Å². The zero-order valence-electron chi connectivity index (χ0n) is 20.5. The van der Waals surface area contributed by atoms with Gasteiger partial charge in [-0.2, -0.15) is 0 Å². The number of nitrogens with zero attached hydrogens (tertiary/aromatic N) is 2. The van der Waals surface area contributed by atoms with E-state index < -0.39 is 41.8 Å². The number of carboxylic acids is 1. The molecule has 1 fully saturated rings. The number of nitrogens with two attached hydrogens (primary N) is 3. The summed E-state index contributed by atoms with van der Waals surface area (Å²) in [6.07, 6.45) is 3.64. The number of hydrogen-bond acceptors (Lipinski definition) is 6. The number of likely N-dealkylation sites (tertiary alicyclic amines) is 1. The third-order valence-corrected chi connectivity index (χ3v) is 6.31. The van der Waals surface area contributed by atoms with Crippen LogP contribution < -0.4 is 27.8 Å². The number of H-pyrrole nitrogens is 1. The molecule has 3 unspecified atom stereocenters. The lowest BCUT2D eigenvalue weighted by Crippen LogP contribution is -2.54. The first-order valence-electron chi connectivity index (χ1n) is 12.1. The molecule has 0 aliphatic carbocycles. The quantitative estimate of drug-likeness (QED) is 0.103. The molecule has 0 spiro atoms. The molecule has 13 nitrogen and oxygen atoms in total. The summed E-state index contributed by atoms with van der Waals surface area (Å²) in [5.41, 5.74) is 18.3. The van der Waals surface area contributed by atoms with Crippen molar-refractivity contribution < 1.29 is 24.3 Å². The van der Waals surface area contributed by atoms with Gasteiger partial charge in [-0.1, -0.05) is 18.2 Å². The molecule has 2 heterocycles. The summed E-state index contributed by atoms with van der Waals surface area (Å²) in [6, 6.07) is 4.73. The number of aromatic nitrogens is 1. The predicted octanol–water partition coefficient (Wildman–Crippen LogP) is -1.23. The van der Waals surface area contributed by atoms with Gasteiger partial charge in [0.05, 0.1) is 12.6 Å². The molecule has 1 aromatic carbocycles. The number of nitrogens with one attached hydrogen (secondary N) is 3. The second-order valence-electron chi connectivity index (χ2n) is 8.98. The molecule has 200 valence electrons. The van der Waals surface area contributed by atoms with Gasteiger partial charge in [0.2, 0.25) is 17.7 Å². The van der Waals surface area contributed by atoms with Gasteiger partial charge in [-0.15, -0.1) is 0 Å². The number of aromatic amines is 1. The first-order valence-corrected chi connectivity index (χ1v) is 12.1. The van der Waals surface area contributed by atoms with Crippen LogP contribution in [-0.2, 0) is 25.6 Å². The fourth-order valence-corrected chi connectivity index (χ4v) is 4.37. The van der Waals surface area contributed by atoms with E-state index in [0.29, 0.717) is 38.8 Å². The van der Waals surface area contributed by atoms with Gasteiger partial charge in [0.15, 0.2) is 5.96 Å². The molecule has 10 N–H and O–H groups in total. The SMILES string of the molecule is NC(N)=NCCCC(N)C(=O)NC(Cc1c[nH]c2ccccc12)C(=O)NCC(=O)N1CCCC1C(=O)O. The monoisotopic (exact) mass is 514 g/mol. The number of benzene rings is 1. The van der Waals surface area contributed by atoms with Gasteiger partial charge in [0, 0.05) is 36.6 Å². The van der Waals surface area contributed by atoms with Gasteiger partial charge < -0.3 is 42.8 Å². The van der Waals surface area contributed by atoms with Crippen molar-refractivity contribution in [3.05, 3.63) is 36.0 Å². The van der Waals surface area contributed by atoms with Crippen LogP contribution in [-0.4, -0.2) is 82.4 Å². The number of carbonyl (C=O) groups excluding carboxylic acids is 3. The number of aliphatic imine (C=N–C) groups is 1. The summed E-state index contributed by atoms with van der Waals surface area (Å²) in [5.74, 6) is -2.72. The summed E-state index contributed by atoms with van der Waals surface area (Å²) < 4.78 is 0. The maximum atomic E-state index is 13.1. The Morgan fingerprint density at radius 3 is 2.68 bits per heavy atom. The summed E-state index contributed by atoms with van der Waals surface area (Å²) in [5, 5.41) is 15.5. The minimum atomic E-state index is -1.07. The largest absolute Gasteiger partial charge is 0.480 e. The fourth-order valence-electron chi connectivity index (χ4n) is 4.37. The highest BCUT2D eigenvalue weighted by Crippen LogP contribution is 2.20. The van der Waals surface area contributed by atoms with Crippen molar-refractivity contribution in [3.8, 4) is 0 Å². The van der Waals surface area contributed by atoms with Crippen LogP contribution in [0.3, 0.4) is 0 Å². The van der Waals surface area contributed by atoms with E-state index >= 15 is 0 Å². The number of para-hydroxylation sites is 1. The Hall–Kier alpha value is -4.13. The number of fused-ring (bicyclic) bond motifs is 1. The Labute approximate surface area is 213 Å². The second kappa shape index (κ2) is 12.7. The molecule has 3 rings (SSSR count). The van der Waals surface area contributed by atoms with E-state index in [1.165, 1.54) is 4.90 Å². The van der Waals surface area contributed by atoms with Gasteiger partial charge in [-0.25, -0.2) is 4.79 Å². The Morgan fingerprint density at radius 1 is 1.19 bits per heavy atom. The summed E-state index contributed by atoms with van der Waals surface area (Å²) in [6.45, 7) is 0.252. The van der Waals surface area contributed by atoms with Gasteiger partial charge in [-0.05, 0) is 37.3 Å². The number of rotatable bonds is 12. The van der Waals surface area contributed by atoms with Gasteiger partial charge >= 0.3 is 5.97 Å². The average Bonchev–Trinajstić information content (AvgIpc) is 3.52. The average molecular weight is 515 g/mol. The standard InChI is InChI=1S/C24H34N8O5/c25-16(6-3-9-28-24(26)27)21(34)31-18(11-14-12-29-17-7-2-1-5-15(14)17)22(35)30-13-20(33)32-10-4-8-19(32)23(36)37/h1-2,5,7,12,16,18-19,29H,3-4,6,8-11,13,25H2,(H,30,35)(H,31,34)(H,36,37)(H4,26,27,28). The number of aliphatic carboxylic acids is 1. The van der Waals surface area contributed by atoms with E-state index in [4.69, 9.17) is 17.2 Å². The molecule has 0 saturated carbocycles. The molecular weight excluding hydrogens is 480 g/mol. The molecule has 3 atom stereocenters. The maximum Gasteiger partial charge on any atom is 0.326 e. The van der Waals surface area contributed by atoms with Crippen molar-refractivity contribution in [2.24, 2.45) is 22.2 Å². The van der Waals surface area contributed by atoms with Crippen LogP contribution in [0.2, 0.25) is 0 Å². The lowest BCUT2D eigenvalue weighted by molar-refractivity contribution is -0.148. The van der Waals surface area contributed by atoms with Crippen molar-refractivity contribution in [1.82, 2.24) is 20.5 Å². The van der Waals surface area contributed by atoms with E-state index in [1.54, 1.807) is 6.20 Å². The molecule has 0 radical (unpaired) electrons. The molecule has 2 aromatic rings. The van der Waals surface area contributed by atoms with Crippen LogP contribution in [0.25, 0.3) is 10.9 Å². The number of hydrogen-bond donors (Lipinski definition) is 7. The molecule has 1 aliphatic heterocycles. The summed E-state index contributed by atoms with van der Waals surface area (Å²) >= 11 is 0. The van der Waals surface area contributed by atoms with Gasteiger partial charge in [0.1, 0.15) is 12.1 Å². The van der Waals surface area contributed by atoms with Crippen LogP contribution in [0.15, 0.2) is 35.5 Å². The van der Waals surface area contributed by atoms with Crippen LogP contribution in [0.1, 0.15) is 31.2 Å². The van der Waals surface area contributed by atoms with Crippen molar-refractivity contribution >= 4 is 40.6 Å². The highest BCUT2D eigenvalue weighted by atomic mass is 16.4. The summed E-state index contributed by atoms with van der Waals surface area (Å²) in [7, 11) is 0. The van der Waals surface area contributed by atoms with Crippen molar-refractivity contribution in [2.45, 2.75) is 50.2 Å². The minimum Gasteiger partial charge on any atom is -0.480 e. The third-order valence-electron chi connectivity index (χ3n) is 6.31. The number of carboxylic acid groups (broad SMARTS) is 1. The predicted molar refractivity (Wildman–Crippen MR) is 137 cm³/mol. The first kappa shape index (κ1) is 27.5. The molecule has 37 heavy (non-hydrogen) atoms. The van der Waals surface area contributed by atoms with E-state index in [0.717, 1.165) is 16.5 Å². The van der Waals surface area contributed by atoms with Crippen LogP contribution >= 0.6 is 0 Å². The zero-order chi connectivity index (χ0) is 26.9. The fraction of sp³-hybridized carbons (Fsp3) is 0.458. The van der Waals surface area contributed by atoms with Crippen molar-refractivity contribution in [1.29, 1.82) is 0 Å². The summed E-state index contributed by atoms with van der Waals surface area (Å²) in [4.78, 5) is 58.2. The highest BCUT2D eigenvalue weighted by molar-refractivity contribution is 5.93. The van der Waals surface area contributed by atoms with Crippen molar-refractivity contribution in [3.63, 3.8) is 0 Å². The number of carbonyl (C=O) groups is 4. The molecule has 13 heteroatoms. The molecular formula is C24H34N8O5. The maximum absolute atomic E-state index is 13.1. The van der Waals surface area contributed by atoms with Gasteiger partial charge in [0.25, 0.3) is 0 Å². The number of guanidine groups is 1. The molecule has 1 aliphatic rings. The van der Waals surface area contributed by atoms with E-state index in [9.17, 15) is 24.3 Å². The first-order chi connectivity index (χ1) is 17.7. The topological polar surface area (TPSA) is 222 Å². The highest BCUT2D eigenvalue weighted by Gasteiger charge is 2.34. The molecule has 3 amide bonds. The van der Waals surface area contributed by atoms with E-state index in [2.05, 4.69) is 20.6 Å². The van der Waals surface area contributed by atoms with Crippen LogP contribution in [0, 0.1) is 0 Å². The third kappa shape index (κ3) is 7.43. The smallest absolute Gasteiger partial charge is 0.326 e. The normalized spacial score (nSPS) is 16.7. The Bertz CT molecular complexity index is 1160. The Balaban J connectivity index is 1.67. The zero-order valence-corrected chi connectivity index (χ0v) is 20.5. The minimum absolute atomic E-state index is 0.0494. The Morgan fingerprint density at radius 2 is 1.95 bits per heavy atom. The van der Waals surface area contributed by atoms with E-state index in [1.807, 2.05) is 24.3 Å². The van der Waals surface area contributed by atoms with Gasteiger partial charge in [-0.3, -0.25) is 19.4 Å².